The Morgan fingerprint density at radius 1 is 1.23 bits per heavy atom. The number of fused-ring (bicyclic) bond motifs is 1. The summed E-state index contributed by atoms with van der Waals surface area (Å²) in [7, 11) is -2.10. The fourth-order valence-corrected chi connectivity index (χ4v) is 4.30. The Morgan fingerprint density at radius 3 is 2.55 bits per heavy atom. The van der Waals surface area contributed by atoms with Crippen LogP contribution in [0.25, 0.3) is 0 Å². The fraction of sp³-hybridized carbons (Fsp3) is 0.200. The summed E-state index contributed by atoms with van der Waals surface area (Å²) in [6, 6.07) is 6.83. The highest BCUT2D eigenvalue weighted by Gasteiger charge is 2.37. The van der Waals surface area contributed by atoms with Crippen LogP contribution in [0.4, 0.5) is 0 Å². The van der Waals surface area contributed by atoms with Gasteiger partial charge in [0, 0.05) is 6.20 Å². The van der Waals surface area contributed by atoms with Crippen molar-refractivity contribution in [2.45, 2.75) is 11.8 Å². The summed E-state index contributed by atoms with van der Waals surface area (Å²) in [4.78, 5) is 0.270. The number of methoxy groups -OCH3 is 1. The van der Waals surface area contributed by atoms with Gasteiger partial charge in [0.25, 0.3) is 10.0 Å². The van der Waals surface area contributed by atoms with Crippen molar-refractivity contribution in [3.05, 3.63) is 65.3 Å². The van der Waals surface area contributed by atoms with E-state index in [1.165, 1.54) is 11.4 Å². The lowest BCUT2D eigenvalue weighted by molar-refractivity contribution is 0.291. The first-order valence-electron chi connectivity index (χ1n) is 6.66. The van der Waals surface area contributed by atoms with Gasteiger partial charge in [0.15, 0.2) is 0 Å². The van der Waals surface area contributed by atoms with E-state index in [0.29, 0.717) is 11.5 Å². The van der Waals surface area contributed by atoms with Crippen molar-refractivity contribution < 1.29 is 13.2 Å². The van der Waals surface area contributed by atoms with Crippen molar-refractivity contribution in [1.82, 2.24) is 8.23 Å². The maximum atomic E-state index is 12.9. The molecule has 0 spiro atoms. The summed E-state index contributed by atoms with van der Waals surface area (Å²) in [6.07, 6.45) is 5.35. The highest BCUT2D eigenvalue weighted by atomic mass is 79.9. The lowest BCUT2D eigenvalue weighted by atomic mass is 10.2. The predicted octanol–water partition coefficient (Wildman–Crippen LogP) is 2.88. The van der Waals surface area contributed by atoms with Crippen LogP contribution in [0.1, 0.15) is 5.56 Å². The zero-order chi connectivity index (χ0) is 15.9. The molecule has 0 N–H and O–H groups in total. The third-order valence-electron chi connectivity index (χ3n) is 3.59. The van der Waals surface area contributed by atoms with Crippen LogP contribution >= 0.6 is 16.1 Å². The normalized spacial score (nSPS) is 17.7. The number of hydrogen-bond donors (Lipinski definition) is 0. The van der Waals surface area contributed by atoms with Gasteiger partial charge in [-0.3, -0.25) is 8.23 Å². The van der Waals surface area contributed by atoms with Crippen LogP contribution in [0.3, 0.4) is 0 Å². The topological polar surface area (TPSA) is 49.9 Å². The van der Waals surface area contributed by atoms with Crippen LogP contribution < -0.4 is 0 Å². The molecule has 0 fully saturated rings. The molecule has 5 nitrogen and oxygen atoms in total. The molecule has 2 aliphatic rings. The first-order valence-corrected chi connectivity index (χ1v) is 8.81. The summed E-state index contributed by atoms with van der Waals surface area (Å²) in [5.41, 5.74) is 2.32. The van der Waals surface area contributed by atoms with E-state index in [4.69, 9.17) is 4.74 Å². The van der Waals surface area contributed by atoms with Crippen LogP contribution in [0, 0.1) is 6.92 Å². The molecule has 0 aliphatic carbocycles. The Labute approximate surface area is 138 Å². The van der Waals surface area contributed by atoms with Crippen molar-refractivity contribution in [2.24, 2.45) is 0 Å². The number of halogens is 1. The molecule has 2 heterocycles. The van der Waals surface area contributed by atoms with Crippen LogP contribution in [-0.4, -0.2) is 30.3 Å². The molecular weight excluding hydrogens is 368 g/mol. The van der Waals surface area contributed by atoms with Crippen LogP contribution in [-0.2, 0) is 14.8 Å². The SMILES string of the molecule is COC1=C2C(=CCN2S(=O)(=O)c2ccc(C)cc2)N(Br)C=C1. The van der Waals surface area contributed by atoms with E-state index in [1.54, 1.807) is 40.5 Å². The number of nitrogens with zero attached hydrogens (tertiary/aromatic N) is 2. The molecule has 0 bridgehead atoms. The molecule has 7 heteroatoms. The van der Waals surface area contributed by atoms with Gasteiger partial charge in [-0.05, 0) is 31.2 Å². The zero-order valence-corrected chi connectivity index (χ0v) is 14.6. The van der Waals surface area contributed by atoms with E-state index >= 15 is 0 Å². The molecule has 2 aliphatic heterocycles. The first kappa shape index (κ1) is 15.2. The second kappa shape index (κ2) is 5.48. The molecule has 0 radical (unpaired) electrons. The van der Waals surface area contributed by atoms with E-state index in [2.05, 4.69) is 16.1 Å². The Morgan fingerprint density at radius 2 is 1.91 bits per heavy atom. The summed E-state index contributed by atoms with van der Waals surface area (Å²) in [6.45, 7) is 2.20. The van der Waals surface area contributed by atoms with Gasteiger partial charge >= 0.3 is 0 Å². The maximum Gasteiger partial charge on any atom is 0.264 e. The average molecular weight is 383 g/mol. The van der Waals surface area contributed by atoms with Crippen LogP contribution in [0.5, 0.6) is 0 Å². The molecule has 0 saturated heterocycles. The van der Waals surface area contributed by atoms with Crippen molar-refractivity contribution in [2.75, 3.05) is 13.7 Å². The standard InChI is InChI=1S/C15H15BrN2O3S/c1-11-3-5-12(6-4-11)22(19,20)18-10-7-13-15(18)14(21-2)8-9-17(13)16/h3-9H,10H2,1-2H3. The molecule has 0 unspecified atom stereocenters. The van der Waals surface area contributed by atoms with Gasteiger partial charge in [0.2, 0.25) is 0 Å². The number of allylic oxidation sites excluding steroid dienone is 1. The minimum absolute atomic E-state index is 0.270. The minimum Gasteiger partial charge on any atom is -0.494 e. The third-order valence-corrected chi connectivity index (χ3v) is 5.99. The van der Waals surface area contributed by atoms with Gasteiger partial charge in [0.1, 0.15) is 11.5 Å². The Hall–Kier alpha value is -1.73. The summed E-state index contributed by atoms with van der Waals surface area (Å²) >= 11 is 3.38. The number of hydrogen-bond acceptors (Lipinski definition) is 4. The predicted molar refractivity (Wildman–Crippen MR) is 87.1 cm³/mol. The van der Waals surface area contributed by atoms with Crippen molar-refractivity contribution in [1.29, 1.82) is 0 Å². The molecule has 0 atom stereocenters. The lowest BCUT2D eigenvalue weighted by Crippen LogP contribution is -2.30. The summed E-state index contributed by atoms with van der Waals surface area (Å²) in [5.74, 6) is 0.523. The molecule has 116 valence electrons. The number of rotatable bonds is 3. The van der Waals surface area contributed by atoms with E-state index in [1.807, 2.05) is 13.0 Å². The van der Waals surface area contributed by atoms with Gasteiger partial charge in [-0.25, -0.2) is 8.42 Å². The quantitative estimate of drug-likeness (QED) is 0.754. The monoisotopic (exact) mass is 382 g/mol. The second-order valence-electron chi connectivity index (χ2n) is 4.98. The number of benzene rings is 1. The third kappa shape index (κ3) is 2.34. The summed E-state index contributed by atoms with van der Waals surface area (Å²) in [5, 5.41) is 0. The molecule has 1 aromatic carbocycles. The molecule has 0 amide bonds. The van der Waals surface area contributed by atoms with Crippen LogP contribution in [0.15, 0.2) is 64.7 Å². The molecular formula is C15H15BrN2O3S. The lowest BCUT2D eigenvalue weighted by Gasteiger charge is -2.27. The van der Waals surface area contributed by atoms with E-state index in [0.717, 1.165) is 11.3 Å². The van der Waals surface area contributed by atoms with Gasteiger partial charge in [-0.15, -0.1) is 0 Å². The Kier molecular flexibility index (Phi) is 3.78. The molecule has 3 rings (SSSR count). The van der Waals surface area contributed by atoms with E-state index in [-0.39, 0.29) is 11.4 Å². The zero-order valence-electron chi connectivity index (χ0n) is 12.2. The molecule has 22 heavy (non-hydrogen) atoms. The van der Waals surface area contributed by atoms with E-state index in [9.17, 15) is 8.42 Å². The van der Waals surface area contributed by atoms with Gasteiger partial charge in [0.05, 0.1) is 40.4 Å². The number of ether oxygens (including phenoxy) is 1. The minimum atomic E-state index is -3.63. The van der Waals surface area contributed by atoms with Crippen molar-refractivity contribution in [3.63, 3.8) is 0 Å². The average Bonchev–Trinajstić information content (AvgIpc) is 2.95. The maximum absolute atomic E-state index is 12.9. The molecule has 1 aromatic rings. The smallest absolute Gasteiger partial charge is 0.264 e. The Bertz CT molecular complexity index is 795. The van der Waals surface area contributed by atoms with Crippen molar-refractivity contribution in [3.8, 4) is 0 Å². The van der Waals surface area contributed by atoms with Gasteiger partial charge < -0.3 is 4.74 Å². The first-order chi connectivity index (χ1) is 10.4. The van der Waals surface area contributed by atoms with Crippen molar-refractivity contribution >= 4 is 26.2 Å². The Balaban J connectivity index is 2.07. The highest BCUT2D eigenvalue weighted by Crippen LogP contribution is 2.38. The second-order valence-corrected chi connectivity index (χ2v) is 7.61. The number of aryl methyl sites for hydroxylation is 1. The largest absolute Gasteiger partial charge is 0.494 e. The van der Waals surface area contributed by atoms with E-state index < -0.39 is 10.0 Å². The van der Waals surface area contributed by atoms with Gasteiger partial charge in [-0.2, -0.15) is 0 Å². The molecule has 0 saturated carbocycles. The number of sulfonamides is 1. The van der Waals surface area contributed by atoms with Gasteiger partial charge in [-0.1, -0.05) is 17.7 Å². The highest BCUT2D eigenvalue weighted by molar-refractivity contribution is 9.07. The molecule has 0 aromatic heterocycles. The summed E-state index contributed by atoms with van der Waals surface area (Å²) < 4.78 is 34.2. The fourth-order valence-electron chi connectivity index (χ4n) is 2.44. The van der Waals surface area contributed by atoms with Crippen LogP contribution in [0.2, 0.25) is 0 Å².